The molecule has 0 unspecified atom stereocenters. The lowest BCUT2D eigenvalue weighted by molar-refractivity contribution is 0.0601. The average molecular weight is 610 g/mol. The van der Waals surface area contributed by atoms with Crippen LogP contribution in [0, 0.1) is 17.1 Å². The third-order valence-electron chi connectivity index (χ3n) is 8.17. The minimum atomic E-state index is -0.471. The van der Waals surface area contributed by atoms with E-state index in [2.05, 4.69) is 19.4 Å². The summed E-state index contributed by atoms with van der Waals surface area (Å²) in [5.41, 5.74) is 4.69. The summed E-state index contributed by atoms with van der Waals surface area (Å²) in [4.78, 5) is 32.1. The van der Waals surface area contributed by atoms with Gasteiger partial charge in [-0.15, -0.1) is 11.3 Å². The van der Waals surface area contributed by atoms with Gasteiger partial charge in [0.05, 0.1) is 53.9 Å². The normalized spacial score (nSPS) is 17.7. The number of aromatic nitrogens is 4. The number of pyridine rings is 1. The van der Waals surface area contributed by atoms with E-state index in [0.29, 0.717) is 42.2 Å². The van der Waals surface area contributed by atoms with Gasteiger partial charge in [0.25, 0.3) is 0 Å². The van der Waals surface area contributed by atoms with Crippen molar-refractivity contribution in [2.24, 2.45) is 0 Å². The Morgan fingerprint density at radius 1 is 1.11 bits per heavy atom. The molecule has 0 spiro atoms. The highest BCUT2D eigenvalue weighted by atomic mass is 32.1. The molecule has 1 aliphatic carbocycles. The van der Waals surface area contributed by atoms with E-state index in [1.165, 1.54) is 13.2 Å². The first-order valence-electron chi connectivity index (χ1n) is 14.2. The fourth-order valence-electron chi connectivity index (χ4n) is 5.85. The molecule has 12 heteroatoms. The molecule has 7 rings (SSSR count). The highest BCUT2D eigenvalue weighted by Crippen LogP contribution is 2.40. The number of methoxy groups -OCH3 is 1. The molecule has 2 fully saturated rings. The summed E-state index contributed by atoms with van der Waals surface area (Å²) in [6, 6.07) is 18.1. The maximum atomic E-state index is 14.3. The first kappa shape index (κ1) is 27.9. The third-order valence-corrected chi connectivity index (χ3v) is 8.94. The topological polar surface area (TPSA) is 109 Å². The molecule has 222 valence electrons. The van der Waals surface area contributed by atoms with Gasteiger partial charge in [0, 0.05) is 47.9 Å². The summed E-state index contributed by atoms with van der Waals surface area (Å²) in [5, 5.41) is 8.97. The number of halogens is 1. The van der Waals surface area contributed by atoms with Crippen LogP contribution in [-0.2, 0) is 24.4 Å². The molecule has 1 saturated carbocycles. The van der Waals surface area contributed by atoms with Gasteiger partial charge in [-0.05, 0) is 42.8 Å². The van der Waals surface area contributed by atoms with Crippen LogP contribution in [0.5, 0.6) is 5.88 Å². The van der Waals surface area contributed by atoms with Gasteiger partial charge >= 0.3 is 5.97 Å². The number of piperazine rings is 1. The van der Waals surface area contributed by atoms with Crippen molar-refractivity contribution in [1.29, 1.82) is 5.26 Å². The molecule has 0 bridgehead atoms. The van der Waals surface area contributed by atoms with E-state index in [1.54, 1.807) is 35.6 Å². The molecule has 0 radical (unpaired) electrons. The van der Waals surface area contributed by atoms with Crippen LogP contribution >= 0.6 is 11.3 Å². The zero-order valence-electron chi connectivity index (χ0n) is 23.9. The van der Waals surface area contributed by atoms with Crippen molar-refractivity contribution in [2.45, 2.75) is 38.2 Å². The fourth-order valence-corrected chi connectivity index (χ4v) is 6.43. The summed E-state index contributed by atoms with van der Waals surface area (Å²) in [6.07, 6.45) is 2.89. The van der Waals surface area contributed by atoms with Gasteiger partial charge in [0.1, 0.15) is 24.1 Å². The molecule has 2 aromatic carbocycles. The van der Waals surface area contributed by atoms with E-state index < -0.39 is 5.82 Å². The fraction of sp³-hybridized carbons (Fsp3) is 0.281. The largest absolute Gasteiger partial charge is 0.473 e. The number of benzene rings is 2. The maximum Gasteiger partial charge on any atom is 0.337 e. The quantitative estimate of drug-likeness (QED) is 0.218. The summed E-state index contributed by atoms with van der Waals surface area (Å²) < 4.78 is 27.3. The molecule has 10 nitrogen and oxygen atoms in total. The number of fused-ring (bicyclic) bond motifs is 2. The van der Waals surface area contributed by atoms with Gasteiger partial charge in [-0.25, -0.2) is 14.2 Å². The highest BCUT2D eigenvalue weighted by Gasteiger charge is 2.49. The van der Waals surface area contributed by atoms with Gasteiger partial charge < -0.3 is 18.9 Å². The number of rotatable bonds is 9. The number of nitriles is 1. The van der Waals surface area contributed by atoms with Crippen LogP contribution in [0.15, 0.2) is 66.3 Å². The number of carbonyl (C=O) groups excluding carboxylic acids is 1. The molecule has 0 amide bonds. The van der Waals surface area contributed by atoms with E-state index in [0.717, 1.165) is 47.1 Å². The van der Waals surface area contributed by atoms with Crippen molar-refractivity contribution >= 4 is 34.2 Å². The number of hydrogen-bond donors (Lipinski definition) is 0. The van der Waals surface area contributed by atoms with E-state index in [1.807, 2.05) is 42.0 Å². The molecule has 4 heterocycles. The van der Waals surface area contributed by atoms with Crippen molar-refractivity contribution in [2.75, 3.05) is 25.1 Å². The monoisotopic (exact) mass is 609 g/mol. The SMILES string of the molecule is COC(=O)c1ccc2nc(CN3CCN(c4cccc(OCc5ccc(C#N)cc5F)n4)[C@H]4C[C@H]43)n(Cc3cncs3)c2c1. The Morgan fingerprint density at radius 2 is 2.02 bits per heavy atom. The Balaban J connectivity index is 1.06. The van der Waals surface area contributed by atoms with Crippen LogP contribution in [0.25, 0.3) is 11.0 Å². The van der Waals surface area contributed by atoms with Crippen LogP contribution in [0.4, 0.5) is 10.2 Å². The number of imidazole rings is 1. The van der Waals surface area contributed by atoms with Crippen LogP contribution < -0.4 is 9.64 Å². The van der Waals surface area contributed by atoms with Crippen LogP contribution in [0.2, 0.25) is 0 Å². The minimum Gasteiger partial charge on any atom is -0.473 e. The number of esters is 1. The number of ether oxygens (including phenoxy) is 2. The number of anilines is 1. The van der Waals surface area contributed by atoms with Gasteiger partial charge in [-0.2, -0.15) is 10.2 Å². The molecule has 2 atom stereocenters. The maximum absolute atomic E-state index is 14.3. The predicted molar refractivity (Wildman–Crippen MR) is 162 cm³/mol. The predicted octanol–water partition coefficient (Wildman–Crippen LogP) is 4.78. The van der Waals surface area contributed by atoms with E-state index >= 15 is 0 Å². The second-order valence-corrected chi connectivity index (χ2v) is 11.8. The van der Waals surface area contributed by atoms with Crippen LogP contribution in [-0.4, -0.2) is 62.7 Å². The molecule has 0 N–H and O–H groups in total. The van der Waals surface area contributed by atoms with Gasteiger partial charge in [-0.3, -0.25) is 9.88 Å². The van der Waals surface area contributed by atoms with Gasteiger partial charge in [0.15, 0.2) is 0 Å². The molecule has 1 aliphatic heterocycles. The van der Waals surface area contributed by atoms with Gasteiger partial charge in [0.2, 0.25) is 5.88 Å². The number of thiazole rings is 1. The standard InChI is InChI=1S/C32H28FN7O3S/c1-42-32(41)21-7-8-25-26(12-21)40(16-23-15-35-19-44-23)30(36-25)17-38-9-10-39(28-13-27(28)38)29-3-2-4-31(37-29)43-18-22-6-5-20(14-34)11-24(22)33/h2-8,11-12,15,19,27-28H,9-10,13,16-18H2,1H3/t27-,28+/m1/s1. The van der Waals surface area contributed by atoms with Crippen LogP contribution in [0.3, 0.4) is 0 Å². The van der Waals surface area contributed by atoms with Crippen molar-refractivity contribution in [1.82, 2.24) is 24.4 Å². The molecule has 2 aliphatic rings. The summed E-state index contributed by atoms with van der Waals surface area (Å²) in [6.45, 7) is 2.96. The van der Waals surface area contributed by atoms with Crippen molar-refractivity contribution in [3.63, 3.8) is 0 Å². The van der Waals surface area contributed by atoms with Crippen LogP contribution in [0.1, 0.15) is 38.6 Å². The van der Waals surface area contributed by atoms with E-state index in [4.69, 9.17) is 24.7 Å². The second-order valence-electron chi connectivity index (χ2n) is 10.9. The second kappa shape index (κ2) is 11.7. The van der Waals surface area contributed by atoms with Crippen molar-refractivity contribution in [3.05, 3.63) is 99.5 Å². The first-order chi connectivity index (χ1) is 21.5. The summed E-state index contributed by atoms with van der Waals surface area (Å²) in [7, 11) is 1.38. The highest BCUT2D eigenvalue weighted by molar-refractivity contribution is 7.09. The van der Waals surface area contributed by atoms with Crippen molar-refractivity contribution < 1.29 is 18.7 Å². The molecular formula is C32H28FN7O3S. The molecule has 3 aromatic heterocycles. The Bertz CT molecular complexity index is 1890. The Labute approximate surface area is 256 Å². The molecule has 44 heavy (non-hydrogen) atoms. The van der Waals surface area contributed by atoms with Crippen molar-refractivity contribution in [3.8, 4) is 11.9 Å². The summed E-state index contributed by atoms with van der Waals surface area (Å²) >= 11 is 1.59. The average Bonchev–Trinajstić information content (AvgIpc) is 3.56. The molecule has 1 saturated heterocycles. The Morgan fingerprint density at radius 3 is 2.82 bits per heavy atom. The number of hydrogen-bond acceptors (Lipinski definition) is 10. The number of carbonyl (C=O) groups is 1. The molecule has 5 aromatic rings. The minimum absolute atomic E-state index is 0.0253. The lowest BCUT2D eigenvalue weighted by Crippen LogP contribution is -2.46. The lowest BCUT2D eigenvalue weighted by Gasteiger charge is -2.34. The van der Waals surface area contributed by atoms with E-state index in [-0.39, 0.29) is 18.1 Å². The Kier molecular flexibility index (Phi) is 7.41. The zero-order chi connectivity index (χ0) is 30.2. The third kappa shape index (κ3) is 5.47. The number of nitrogens with zero attached hydrogens (tertiary/aromatic N) is 7. The first-order valence-corrected chi connectivity index (χ1v) is 15.1. The Hall–Kier alpha value is -4.86. The summed E-state index contributed by atoms with van der Waals surface area (Å²) in [5.74, 6) is 1.36. The molecular weight excluding hydrogens is 581 g/mol. The smallest absolute Gasteiger partial charge is 0.337 e. The zero-order valence-corrected chi connectivity index (χ0v) is 24.7. The lowest BCUT2D eigenvalue weighted by atomic mass is 10.1. The van der Waals surface area contributed by atoms with Gasteiger partial charge in [-0.1, -0.05) is 12.1 Å². The van der Waals surface area contributed by atoms with E-state index in [9.17, 15) is 9.18 Å².